The molecule has 0 aromatic heterocycles. The molecule has 0 aliphatic rings. The van der Waals surface area contributed by atoms with Gasteiger partial charge in [-0.15, -0.1) is 0 Å². The van der Waals surface area contributed by atoms with Crippen molar-refractivity contribution < 1.29 is 0 Å². The number of likely N-dealkylation sites (N-methyl/N-ethyl adjacent to an activating group) is 1. The van der Waals surface area contributed by atoms with E-state index in [1.54, 1.807) is 0 Å². The van der Waals surface area contributed by atoms with Gasteiger partial charge in [0.05, 0.1) is 0 Å². The van der Waals surface area contributed by atoms with Gasteiger partial charge in [0.1, 0.15) is 0 Å². The molecule has 2 nitrogen and oxygen atoms in total. The summed E-state index contributed by atoms with van der Waals surface area (Å²) in [4.78, 5) is 0. The van der Waals surface area contributed by atoms with E-state index in [1.807, 2.05) is 13.1 Å². The number of hydrogen-bond acceptors (Lipinski definition) is 2. The smallest absolute Gasteiger partial charge is 0.0246 e. The Morgan fingerprint density at radius 3 is 2.36 bits per heavy atom. The Bertz CT molecular complexity index is 254. The zero-order chi connectivity index (χ0) is 10.4. The van der Waals surface area contributed by atoms with Crippen LogP contribution in [0.15, 0.2) is 30.3 Å². The summed E-state index contributed by atoms with van der Waals surface area (Å²) in [5.74, 6) is 0. The average Bonchev–Trinajstić information content (AvgIpc) is 2.19. The van der Waals surface area contributed by atoms with Crippen LogP contribution in [-0.4, -0.2) is 19.1 Å². The van der Waals surface area contributed by atoms with Crippen molar-refractivity contribution in [2.24, 2.45) is 0 Å². The van der Waals surface area contributed by atoms with E-state index >= 15 is 0 Å². The van der Waals surface area contributed by atoms with E-state index < -0.39 is 0 Å². The van der Waals surface area contributed by atoms with Crippen LogP contribution in [0.4, 0.5) is 0 Å². The highest BCUT2D eigenvalue weighted by atomic mass is 15.0. The van der Waals surface area contributed by atoms with Crippen LogP contribution in [-0.2, 0) is 6.54 Å². The van der Waals surface area contributed by atoms with Gasteiger partial charge in [0.25, 0.3) is 0 Å². The molecule has 2 heteroatoms. The van der Waals surface area contributed by atoms with E-state index in [0.717, 1.165) is 13.1 Å². The maximum atomic E-state index is 3.43. The Kier molecular flexibility index (Phi) is 4.11. The number of hydrogen-bond donors (Lipinski definition) is 2. The third-order valence-corrected chi connectivity index (χ3v) is 2.42. The Balaban J connectivity index is 2.29. The Labute approximate surface area is 86.7 Å². The van der Waals surface area contributed by atoms with Crippen LogP contribution in [0, 0.1) is 0 Å². The molecule has 0 unspecified atom stereocenters. The quantitative estimate of drug-likeness (QED) is 0.743. The number of benzene rings is 1. The lowest BCUT2D eigenvalue weighted by Crippen LogP contribution is -2.45. The molecule has 0 aliphatic heterocycles. The van der Waals surface area contributed by atoms with Gasteiger partial charge in [-0.2, -0.15) is 0 Å². The van der Waals surface area contributed by atoms with Crippen LogP contribution in [0.3, 0.4) is 0 Å². The van der Waals surface area contributed by atoms with Crippen LogP contribution in [0.25, 0.3) is 0 Å². The highest BCUT2D eigenvalue weighted by Crippen LogP contribution is 2.00. The van der Waals surface area contributed by atoms with Crippen molar-refractivity contribution in [1.29, 1.82) is 0 Å². The summed E-state index contributed by atoms with van der Waals surface area (Å²) < 4.78 is 0. The monoisotopic (exact) mass is 192 g/mol. The minimum Gasteiger partial charge on any atom is -0.314 e. The summed E-state index contributed by atoms with van der Waals surface area (Å²) in [5, 5.41) is 6.70. The van der Waals surface area contributed by atoms with Crippen LogP contribution in [0.5, 0.6) is 0 Å². The second-order valence-electron chi connectivity index (χ2n) is 4.22. The van der Waals surface area contributed by atoms with Crippen molar-refractivity contribution in [3.8, 4) is 0 Å². The van der Waals surface area contributed by atoms with Crippen molar-refractivity contribution in [2.75, 3.05) is 13.6 Å². The minimum absolute atomic E-state index is 0.161. The molecule has 0 amide bonds. The lowest BCUT2D eigenvalue weighted by molar-refractivity contribution is 0.393. The molecule has 0 radical (unpaired) electrons. The van der Waals surface area contributed by atoms with E-state index in [-0.39, 0.29) is 5.54 Å². The van der Waals surface area contributed by atoms with Crippen LogP contribution in [0.2, 0.25) is 0 Å². The molecule has 0 saturated carbocycles. The summed E-state index contributed by atoms with van der Waals surface area (Å²) >= 11 is 0. The summed E-state index contributed by atoms with van der Waals surface area (Å²) in [7, 11) is 1.99. The van der Waals surface area contributed by atoms with Gasteiger partial charge >= 0.3 is 0 Å². The van der Waals surface area contributed by atoms with Crippen molar-refractivity contribution in [3.63, 3.8) is 0 Å². The Hall–Kier alpha value is -0.860. The van der Waals surface area contributed by atoms with Crippen LogP contribution >= 0.6 is 0 Å². The molecule has 14 heavy (non-hydrogen) atoms. The fourth-order valence-electron chi connectivity index (χ4n) is 1.20. The Morgan fingerprint density at radius 2 is 1.79 bits per heavy atom. The maximum Gasteiger partial charge on any atom is 0.0246 e. The third kappa shape index (κ3) is 3.90. The maximum absolute atomic E-state index is 3.43. The van der Waals surface area contributed by atoms with Gasteiger partial charge < -0.3 is 10.6 Å². The lowest BCUT2D eigenvalue weighted by Gasteiger charge is -2.24. The molecule has 0 atom stereocenters. The second-order valence-corrected chi connectivity index (χ2v) is 4.22. The molecular weight excluding hydrogens is 172 g/mol. The molecule has 0 saturated heterocycles. The molecule has 1 aromatic carbocycles. The Morgan fingerprint density at radius 1 is 1.14 bits per heavy atom. The first kappa shape index (κ1) is 11.2. The lowest BCUT2D eigenvalue weighted by atomic mass is 10.1. The average molecular weight is 192 g/mol. The van der Waals surface area contributed by atoms with Gasteiger partial charge in [-0.3, -0.25) is 0 Å². The summed E-state index contributed by atoms with van der Waals surface area (Å²) in [6.07, 6.45) is 0. The molecule has 0 fully saturated rings. The first-order valence-corrected chi connectivity index (χ1v) is 5.07. The molecule has 2 N–H and O–H groups in total. The molecule has 0 bridgehead atoms. The van der Waals surface area contributed by atoms with Gasteiger partial charge in [0, 0.05) is 18.6 Å². The van der Waals surface area contributed by atoms with E-state index in [0.29, 0.717) is 0 Å². The van der Waals surface area contributed by atoms with Gasteiger partial charge in [-0.05, 0) is 26.5 Å². The molecule has 1 rings (SSSR count). The zero-order valence-corrected chi connectivity index (χ0v) is 9.30. The van der Waals surface area contributed by atoms with E-state index in [9.17, 15) is 0 Å². The highest BCUT2D eigenvalue weighted by molar-refractivity contribution is 5.14. The molecule has 1 aromatic rings. The zero-order valence-electron chi connectivity index (χ0n) is 9.30. The standard InChI is InChI=1S/C12H20N2/c1-12(2,13-3)10-14-9-11-7-5-4-6-8-11/h4-8,13-14H,9-10H2,1-3H3. The van der Waals surface area contributed by atoms with E-state index in [1.165, 1.54) is 5.56 Å². The highest BCUT2D eigenvalue weighted by Gasteiger charge is 2.12. The number of rotatable bonds is 5. The van der Waals surface area contributed by atoms with Gasteiger partial charge in [-0.25, -0.2) is 0 Å². The SMILES string of the molecule is CNC(C)(C)CNCc1ccccc1. The van der Waals surface area contributed by atoms with Gasteiger partial charge in [0.2, 0.25) is 0 Å². The fraction of sp³-hybridized carbons (Fsp3) is 0.500. The van der Waals surface area contributed by atoms with Crippen molar-refractivity contribution in [1.82, 2.24) is 10.6 Å². The predicted octanol–water partition coefficient (Wildman–Crippen LogP) is 1.77. The van der Waals surface area contributed by atoms with Crippen molar-refractivity contribution >= 4 is 0 Å². The first-order valence-electron chi connectivity index (χ1n) is 5.07. The molecular formula is C12H20N2. The van der Waals surface area contributed by atoms with Crippen molar-refractivity contribution in [2.45, 2.75) is 25.9 Å². The molecule has 0 aliphatic carbocycles. The van der Waals surface area contributed by atoms with Gasteiger partial charge in [0.15, 0.2) is 0 Å². The number of nitrogens with one attached hydrogen (secondary N) is 2. The second kappa shape index (κ2) is 5.13. The third-order valence-electron chi connectivity index (χ3n) is 2.42. The first-order chi connectivity index (χ1) is 6.64. The normalized spacial score (nSPS) is 11.6. The summed E-state index contributed by atoms with van der Waals surface area (Å²) in [6, 6.07) is 10.5. The molecule has 78 valence electrons. The topological polar surface area (TPSA) is 24.1 Å². The predicted molar refractivity (Wildman–Crippen MR) is 61.3 cm³/mol. The van der Waals surface area contributed by atoms with Crippen LogP contribution < -0.4 is 10.6 Å². The van der Waals surface area contributed by atoms with Crippen molar-refractivity contribution in [3.05, 3.63) is 35.9 Å². The molecule has 0 heterocycles. The van der Waals surface area contributed by atoms with Crippen LogP contribution in [0.1, 0.15) is 19.4 Å². The van der Waals surface area contributed by atoms with Gasteiger partial charge in [-0.1, -0.05) is 30.3 Å². The fourth-order valence-corrected chi connectivity index (χ4v) is 1.20. The molecule has 0 spiro atoms. The largest absolute Gasteiger partial charge is 0.314 e. The summed E-state index contributed by atoms with van der Waals surface area (Å²) in [5.41, 5.74) is 1.49. The van der Waals surface area contributed by atoms with E-state index in [4.69, 9.17) is 0 Å². The van der Waals surface area contributed by atoms with E-state index in [2.05, 4.69) is 48.7 Å². The minimum atomic E-state index is 0.161. The summed E-state index contributed by atoms with van der Waals surface area (Å²) in [6.45, 7) is 6.28.